The van der Waals surface area contributed by atoms with Crippen LogP contribution in [0.25, 0.3) is 12.2 Å². The molecular formula is C44H38P2. The van der Waals surface area contributed by atoms with Crippen LogP contribution >= 0.6 is 15.8 Å². The van der Waals surface area contributed by atoms with Crippen LogP contribution in [0.1, 0.15) is 36.8 Å². The van der Waals surface area contributed by atoms with Crippen LogP contribution in [0.3, 0.4) is 0 Å². The predicted octanol–water partition coefficient (Wildman–Crippen LogP) is 9.24. The summed E-state index contributed by atoms with van der Waals surface area (Å²) in [5.74, 6) is 0. The van der Waals surface area contributed by atoms with Gasteiger partial charge in [-0.05, 0) is 95.6 Å². The average Bonchev–Trinajstić information content (AvgIpc) is 3.13. The third-order valence-corrected chi connectivity index (χ3v) is 13.7. The van der Waals surface area contributed by atoms with E-state index in [9.17, 15) is 0 Å². The number of benzene rings is 6. The molecule has 0 N–H and O–H groups in total. The summed E-state index contributed by atoms with van der Waals surface area (Å²) in [6.45, 7) is 0. The fraction of sp³-hybridized carbons (Fsp3) is 0.0909. The van der Waals surface area contributed by atoms with Gasteiger partial charge in [0.15, 0.2) is 0 Å². The van der Waals surface area contributed by atoms with Gasteiger partial charge in [-0.2, -0.15) is 0 Å². The summed E-state index contributed by atoms with van der Waals surface area (Å²) < 4.78 is 0. The van der Waals surface area contributed by atoms with Gasteiger partial charge in [0.2, 0.25) is 0 Å². The second kappa shape index (κ2) is 14.8. The molecule has 0 unspecified atom stereocenters. The number of allylic oxidation sites excluding steroid dienone is 2. The molecule has 0 radical (unpaired) electrons. The molecule has 0 aromatic heterocycles. The molecule has 224 valence electrons. The van der Waals surface area contributed by atoms with Crippen LogP contribution in [0.15, 0.2) is 181 Å². The van der Waals surface area contributed by atoms with Crippen molar-refractivity contribution in [1.82, 2.24) is 0 Å². The Bertz CT molecular complexity index is 1700. The SMILES string of the molecule is C(=C1CCCCC1=Cc1ccccc1P(c1ccccc1)c1ccccc1)c1ccccc1P(c1ccccc1)c1ccccc1. The Morgan fingerprint density at radius 2 is 0.609 bits per heavy atom. The molecule has 2 heteroatoms. The zero-order valence-electron chi connectivity index (χ0n) is 26.0. The topological polar surface area (TPSA) is 0 Å². The first-order chi connectivity index (χ1) is 22.8. The van der Waals surface area contributed by atoms with Gasteiger partial charge in [-0.3, -0.25) is 0 Å². The zero-order valence-corrected chi connectivity index (χ0v) is 27.8. The van der Waals surface area contributed by atoms with Crippen molar-refractivity contribution in [2.45, 2.75) is 25.7 Å². The highest BCUT2D eigenvalue weighted by molar-refractivity contribution is 7.80. The summed E-state index contributed by atoms with van der Waals surface area (Å²) in [5.41, 5.74) is 5.64. The average molecular weight is 629 g/mol. The molecule has 1 fully saturated rings. The van der Waals surface area contributed by atoms with Crippen LogP contribution < -0.4 is 31.8 Å². The lowest BCUT2D eigenvalue weighted by atomic mass is 9.87. The first kappa shape index (κ1) is 30.3. The van der Waals surface area contributed by atoms with E-state index in [1.807, 2.05) is 0 Å². The molecule has 0 atom stereocenters. The highest BCUT2D eigenvalue weighted by atomic mass is 31.1. The van der Waals surface area contributed by atoms with Gasteiger partial charge in [-0.1, -0.05) is 182 Å². The van der Waals surface area contributed by atoms with E-state index in [0.29, 0.717) is 0 Å². The Balaban J connectivity index is 1.32. The summed E-state index contributed by atoms with van der Waals surface area (Å²) in [5, 5.41) is 8.39. The first-order valence-electron chi connectivity index (χ1n) is 16.3. The lowest BCUT2D eigenvalue weighted by Gasteiger charge is -2.24. The third-order valence-electron chi connectivity index (χ3n) is 8.63. The van der Waals surface area contributed by atoms with E-state index in [4.69, 9.17) is 0 Å². The maximum Gasteiger partial charge on any atom is -0.00785 e. The summed E-state index contributed by atoms with van der Waals surface area (Å²) in [6.07, 6.45) is 9.73. The summed E-state index contributed by atoms with van der Waals surface area (Å²) in [7, 11) is -1.37. The molecule has 6 aromatic carbocycles. The van der Waals surface area contributed by atoms with Crippen molar-refractivity contribution < 1.29 is 0 Å². The fourth-order valence-corrected chi connectivity index (χ4v) is 11.3. The van der Waals surface area contributed by atoms with Gasteiger partial charge in [0.05, 0.1) is 0 Å². The zero-order chi connectivity index (χ0) is 31.0. The van der Waals surface area contributed by atoms with E-state index in [1.165, 1.54) is 66.9 Å². The number of rotatable bonds is 8. The Hall–Kier alpha value is -4.34. The van der Waals surface area contributed by atoms with Gasteiger partial charge < -0.3 is 0 Å². The Morgan fingerprint density at radius 1 is 0.326 bits per heavy atom. The molecular weight excluding hydrogens is 590 g/mol. The molecule has 1 aliphatic rings. The normalized spacial score (nSPS) is 15.1. The molecule has 0 nitrogen and oxygen atoms in total. The standard InChI is InChI=1S/C44H38P2/c1-5-23-39(24-6-1)45(40-25-7-2-8-26-40)43-31-17-15-21-37(43)33-35-19-13-14-20-36(35)34-38-22-16-18-32-44(38)46(41-27-9-3-10-28-41)42-29-11-4-12-30-42/h1-12,15-18,21-34H,13-14,19-20H2. The molecule has 7 rings (SSSR count). The van der Waals surface area contributed by atoms with Gasteiger partial charge in [-0.25, -0.2) is 0 Å². The highest BCUT2D eigenvalue weighted by Gasteiger charge is 2.22. The van der Waals surface area contributed by atoms with Crippen LogP contribution in [-0.4, -0.2) is 0 Å². The quantitative estimate of drug-likeness (QED) is 0.148. The molecule has 0 amide bonds. The smallest absolute Gasteiger partial charge is 0.00785 e. The van der Waals surface area contributed by atoms with Crippen molar-refractivity contribution in [3.05, 3.63) is 192 Å². The lowest BCUT2D eigenvalue weighted by molar-refractivity contribution is 0.685. The molecule has 1 saturated carbocycles. The van der Waals surface area contributed by atoms with Crippen molar-refractivity contribution in [3.63, 3.8) is 0 Å². The van der Waals surface area contributed by atoms with Crippen molar-refractivity contribution in [1.29, 1.82) is 0 Å². The van der Waals surface area contributed by atoms with Gasteiger partial charge >= 0.3 is 0 Å². The van der Waals surface area contributed by atoms with Gasteiger partial charge in [0, 0.05) is 0 Å². The van der Waals surface area contributed by atoms with Crippen LogP contribution in [0.4, 0.5) is 0 Å². The van der Waals surface area contributed by atoms with Crippen LogP contribution in [0, 0.1) is 0 Å². The van der Waals surface area contributed by atoms with E-state index in [0.717, 1.165) is 12.8 Å². The number of hydrogen-bond acceptors (Lipinski definition) is 0. The molecule has 46 heavy (non-hydrogen) atoms. The van der Waals surface area contributed by atoms with Crippen molar-refractivity contribution in [2.24, 2.45) is 0 Å². The Labute approximate surface area is 276 Å². The molecule has 0 spiro atoms. The van der Waals surface area contributed by atoms with Gasteiger partial charge in [-0.15, -0.1) is 0 Å². The van der Waals surface area contributed by atoms with Gasteiger partial charge in [0.25, 0.3) is 0 Å². The van der Waals surface area contributed by atoms with E-state index >= 15 is 0 Å². The highest BCUT2D eigenvalue weighted by Crippen LogP contribution is 2.39. The van der Waals surface area contributed by atoms with Crippen LogP contribution in [-0.2, 0) is 0 Å². The minimum atomic E-state index is -0.683. The summed E-state index contributed by atoms with van der Waals surface area (Å²) >= 11 is 0. The maximum absolute atomic E-state index is 2.52. The lowest BCUT2D eigenvalue weighted by Crippen LogP contribution is -2.22. The maximum atomic E-state index is 2.52. The molecule has 0 saturated heterocycles. The Kier molecular flexibility index (Phi) is 9.78. The van der Waals surface area contributed by atoms with Crippen LogP contribution in [0.2, 0.25) is 0 Å². The largest absolute Gasteiger partial charge is 0.0622 e. The molecule has 6 aromatic rings. The van der Waals surface area contributed by atoms with E-state index in [2.05, 4.69) is 182 Å². The number of hydrogen-bond donors (Lipinski definition) is 0. The minimum absolute atomic E-state index is 0.683. The van der Waals surface area contributed by atoms with Crippen molar-refractivity contribution >= 4 is 59.8 Å². The predicted molar refractivity (Wildman–Crippen MR) is 205 cm³/mol. The molecule has 1 aliphatic carbocycles. The fourth-order valence-electron chi connectivity index (χ4n) is 6.45. The van der Waals surface area contributed by atoms with Gasteiger partial charge in [0.1, 0.15) is 0 Å². The van der Waals surface area contributed by atoms with E-state index in [1.54, 1.807) is 0 Å². The third kappa shape index (κ3) is 6.90. The van der Waals surface area contributed by atoms with Crippen LogP contribution in [0.5, 0.6) is 0 Å². The minimum Gasteiger partial charge on any atom is -0.0622 e. The van der Waals surface area contributed by atoms with E-state index < -0.39 is 15.8 Å². The summed E-state index contributed by atoms with van der Waals surface area (Å²) in [6, 6.07) is 62.4. The Morgan fingerprint density at radius 3 is 0.935 bits per heavy atom. The monoisotopic (exact) mass is 628 g/mol. The molecule has 0 aliphatic heterocycles. The molecule has 0 heterocycles. The summed E-state index contributed by atoms with van der Waals surface area (Å²) in [4.78, 5) is 0. The second-order valence-corrected chi connectivity index (χ2v) is 16.0. The van der Waals surface area contributed by atoms with E-state index in [-0.39, 0.29) is 0 Å². The first-order valence-corrected chi connectivity index (χ1v) is 18.9. The van der Waals surface area contributed by atoms with Crippen molar-refractivity contribution in [2.75, 3.05) is 0 Å². The molecule has 0 bridgehead atoms. The second-order valence-electron chi connectivity index (χ2n) is 11.7. The van der Waals surface area contributed by atoms with Crippen molar-refractivity contribution in [3.8, 4) is 0 Å².